The zero-order valence-corrected chi connectivity index (χ0v) is 12.3. The molecule has 0 bridgehead atoms. The van der Waals surface area contributed by atoms with Crippen LogP contribution in [-0.2, 0) is 19.3 Å². The minimum absolute atomic E-state index is 0.550. The van der Waals surface area contributed by atoms with Gasteiger partial charge >= 0.3 is 0 Å². The number of benzene rings is 1. The molecule has 0 heterocycles. The summed E-state index contributed by atoms with van der Waals surface area (Å²) in [5, 5.41) is 10.2. The van der Waals surface area contributed by atoms with Gasteiger partial charge < -0.3 is 5.11 Å². The summed E-state index contributed by atoms with van der Waals surface area (Å²) >= 11 is 0. The van der Waals surface area contributed by atoms with Crippen molar-refractivity contribution in [1.82, 2.24) is 0 Å². The van der Waals surface area contributed by atoms with Crippen LogP contribution in [0.15, 0.2) is 12.1 Å². The fourth-order valence-corrected chi connectivity index (χ4v) is 2.47. The van der Waals surface area contributed by atoms with E-state index in [1.54, 1.807) is 0 Å². The Kier molecular flexibility index (Phi) is 6.85. The van der Waals surface area contributed by atoms with Crippen LogP contribution in [0.5, 0.6) is 5.75 Å². The highest BCUT2D eigenvalue weighted by molar-refractivity contribution is 5.44. The Morgan fingerprint density at radius 2 is 1.56 bits per heavy atom. The second-order valence-corrected chi connectivity index (χ2v) is 5.18. The summed E-state index contributed by atoms with van der Waals surface area (Å²) in [6.45, 7) is 6.56. The topological polar surface area (TPSA) is 20.2 Å². The van der Waals surface area contributed by atoms with E-state index in [4.69, 9.17) is 0 Å². The van der Waals surface area contributed by atoms with Crippen molar-refractivity contribution in [2.75, 3.05) is 0 Å². The molecule has 0 aromatic heterocycles. The first kappa shape index (κ1) is 15.1. The number of rotatable bonds is 8. The van der Waals surface area contributed by atoms with Gasteiger partial charge in [0.2, 0.25) is 0 Å². The van der Waals surface area contributed by atoms with Gasteiger partial charge in [0, 0.05) is 0 Å². The molecule has 0 aliphatic carbocycles. The molecule has 0 atom stereocenters. The van der Waals surface area contributed by atoms with E-state index in [2.05, 4.69) is 32.9 Å². The van der Waals surface area contributed by atoms with E-state index >= 15 is 0 Å². The second kappa shape index (κ2) is 8.18. The van der Waals surface area contributed by atoms with Crippen LogP contribution in [0.4, 0.5) is 0 Å². The molecule has 1 heteroatoms. The predicted octanol–water partition coefficient (Wildman–Crippen LogP) is 5.03. The number of phenolic OH excluding ortho intramolecular Hbond substituents is 1. The van der Waals surface area contributed by atoms with Crippen LogP contribution in [0.3, 0.4) is 0 Å². The monoisotopic (exact) mass is 248 g/mol. The van der Waals surface area contributed by atoms with Gasteiger partial charge in [-0.2, -0.15) is 0 Å². The smallest absolute Gasteiger partial charge is 0.121 e. The molecule has 102 valence electrons. The second-order valence-electron chi connectivity index (χ2n) is 5.18. The average Bonchev–Trinajstić information content (AvgIpc) is 2.38. The van der Waals surface area contributed by atoms with Crippen LogP contribution >= 0.6 is 0 Å². The number of unbranched alkanes of at least 4 members (excludes halogenated alkanes) is 3. The van der Waals surface area contributed by atoms with Crippen LogP contribution in [0.25, 0.3) is 0 Å². The summed E-state index contributed by atoms with van der Waals surface area (Å²) < 4.78 is 0. The van der Waals surface area contributed by atoms with Crippen molar-refractivity contribution in [2.24, 2.45) is 0 Å². The van der Waals surface area contributed by atoms with Gasteiger partial charge in [-0.3, -0.25) is 0 Å². The molecule has 0 fully saturated rings. The fourth-order valence-electron chi connectivity index (χ4n) is 2.47. The van der Waals surface area contributed by atoms with E-state index in [9.17, 15) is 5.11 Å². The largest absolute Gasteiger partial charge is 0.507 e. The standard InChI is InChI=1S/C17H28O/c1-4-7-8-9-11-16-13-14(10-5-2)12-15(6-3)17(16)18/h12-13,18H,4-11H2,1-3H3. The Balaban J connectivity index is 2.77. The van der Waals surface area contributed by atoms with E-state index in [1.165, 1.54) is 37.7 Å². The van der Waals surface area contributed by atoms with Crippen molar-refractivity contribution in [1.29, 1.82) is 0 Å². The van der Waals surface area contributed by atoms with Crippen LogP contribution in [0.1, 0.15) is 69.6 Å². The third kappa shape index (κ3) is 4.36. The molecule has 18 heavy (non-hydrogen) atoms. The molecule has 0 aliphatic heterocycles. The summed E-state index contributed by atoms with van der Waals surface area (Å²) in [7, 11) is 0. The van der Waals surface area contributed by atoms with Gasteiger partial charge in [-0.25, -0.2) is 0 Å². The van der Waals surface area contributed by atoms with Crippen molar-refractivity contribution in [2.45, 2.75) is 72.1 Å². The number of phenols is 1. The molecule has 1 aromatic rings. The van der Waals surface area contributed by atoms with Crippen molar-refractivity contribution in [3.63, 3.8) is 0 Å². The lowest BCUT2D eigenvalue weighted by Crippen LogP contribution is -1.95. The number of hydrogen-bond donors (Lipinski definition) is 1. The normalized spacial score (nSPS) is 10.8. The molecule has 0 saturated carbocycles. The van der Waals surface area contributed by atoms with Crippen molar-refractivity contribution >= 4 is 0 Å². The molecular weight excluding hydrogens is 220 g/mol. The van der Waals surface area contributed by atoms with Crippen molar-refractivity contribution in [3.8, 4) is 5.75 Å². The van der Waals surface area contributed by atoms with E-state index in [1.807, 2.05) is 0 Å². The van der Waals surface area contributed by atoms with Crippen molar-refractivity contribution < 1.29 is 5.11 Å². The first-order valence-corrected chi connectivity index (χ1v) is 7.56. The summed E-state index contributed by atoms with van der Waals surface area (Å²) in [4.78, 5) is 0. The highest BCUT2D eigenvalue weighted by Crippen LogP contribution is 2.27. The lowest BCUT2D eigenvalue weighted by atomic mass is 9.96. The molecule has 1 N–H and O–H groups in total. The molecule has 1 rings (SSSR count). The summed E-state index contributed by atoms with van der Waals surface area (Å²) in [6.07, 6.45) is 9.27. The zero-order valence-electron chi connectivity index (χ0n) is 12.3. The van der Waals surface area contributed by atoms with E-state index < -0.39 is 0 Å². The molecule has 0 saturated heterocycles. The third-order valence-corrected chi connectivity index (χ3v) is 3.55. The Hall–Kier alpha value is -0.980. The molecule has 0 unspecified atom stereocenters. The Morgan fingerprint density at radius 1 is 0.833 bits per heavy atom. The van der Waals surface area contributed by atoms with Crippen LogP contribution in [0.2, 0.25) is 0 Å². The maximum atomic E-state index is 10.2. The zero-order chi connectivity index (χ0) is 13.4. The predicted molar refractivity (Wildman–Crippen MR) is 79.3 cm³/mol. The van der Waals surface area contributed by atoms with Gasteiger partial charge in [-0.05, 0) is 42.4 Å². The van der Waals surface area contributed by atoms with Gasteiger partial charge in [0.25, 0.3) is 0 Å². The summed E-state index contributed by atoms with van der Waals surface area (Å²) in [5.41, 5.74) is 3.66. The quantitative estimate of drug-likeness (QED) is 0.640. The first-order chi connectivity index (χ1) is 8.72. The minimum atomic E-state index is 0.550. The molecule has 1 nitrogen and oxygen atoms in total. The molecule has 0 spiro atoms. The average molecular weight is 248 g/mol. The van der Waals surface area contributed by atoms with Crippen molar-refractivity contribution in [3.05, 3.63) is 28.8 Å². The third-order valence-electron chi connectivity index (χ3n) is 3.55. The highest BCUT2D eigenvalue weighted by Gasteiger charge is 2.08. The van der Waals surface area contributed by atoms with Gasteiger partial charge in [0.05, 0.1) is 0 Å². The number of aryl methyl sites for hydroxylation is 3. The Morgan fingerprint density at radius 3 is 2.17 bits per heavy atom. The van der Waals surface area contributed by atoms with Gasteiger partial charge in [-0.15, -0.1) is 0 Å². The van der Waals surface area contributed by atoms with Crippen LogP contribution in [-0.4, -0.2) is 5.11 Å². The SMILES string of the molecule is CCCCCCc1cc(CCC)cc(CC)c1O. The molecule has 0 radical (unpaired) electrons. The minimum Gasteiger partial charge on any atom is -0.507 e. The summed E-state index contributed by atoms with van der Waals surface area (Å²) in [5.74, 6) is 0.550. The Labute approximate surface area is 112 Å². The Bertz CT molecular complexity index is 355. The van der Waals surface area contributed by atoms with Gasteiger partial charge in [0.15, 0.2) is 0 Å². The van der Waals surface area contributed by atoms with Crippen LogP contribution in [0, 0.1) is 0 Å². The summed E-state index contributed by atoms with van der Waals surface area (Å²) in [6, 6.07) is 4.39. The lowest BCUT2D eigenvalue weighted by molar-refractivity contribution is 0.459. The molecule has 1 aromatic carbocycles. The number of hydrogen-bond acceptors (Lipinski definition) is 1. The van der Waals surface area contributed by atoms with Gasteiger partial charge in [-0.1, -0.05) is 58.6 Å². The number of aromatic hydroxyl groups is 1. The lowest BCUT2D eigenvalue weighted by Gasteiger charge is -2.12. The molecular formula is C17H28O. The van der Waals surface area contributed by atoms with Crippen LogP contribution < -0.4 is 0 Å². The van der Waals surface area contributed by atoms with E-state index in [0.717, 1.165) is 30.4 Å². The molecule has 0 aliphatic rings. The maximum absolute atomic E-state index is 10.2. The molecule has 0 amide bonds. The van der Waals surface area contributed by atoms with Gasteiger partial charge in [0.1, 0.15) is 5.75 Å². The fraction of sp³-hybridized carbons (Fsp3) is 0.647. The first-order valence-electron chi connectivity index (χ1n) is 7.56. The highest BCUT2D eigenvalue weighted by atomic mass is 16.3. The van der Waals surface area contributed by atoms with E-state index in [-0.39, 0.29) is 0 Å². The maximum Gasteiger partial charge on any atom is 0.121 e. The van der Waals surface area contributed by atoms with E-state index in [0.29, 0.717) is 5.75 Å².